The molecule has 1 aromatic rings. The second-order valence-electron chi connectivity index (χ2n) is 5.51. The van der Waals surface area contributed by atoms with Crippen LogP contribution in [0.3, 0.4) is 0 Å². The lowest BCUT2D eigenvalue weighted by Gasteiger charge is -2.21. The van der Waals surface area contributed by atoms with Crippen molar-refractivity contribution >= 4 is 63.7 Å². The monoisotopic (exact) mass is 480 g/mol. The molecule has 2 rings (SSSR count). The van der Waals surface area contributed by atoms with Crippen LogP contribution in [-0.2, 0) is 9.59 Å². The summed E-state index contributed by atoms with van der Waals surface area (Å²) in [6.07, 6.45) is 4.60. The Bertz CT molecular complexity index is 637. The van der Waals surface area contributed by atoms with Gasteiger partial charge in [-0.1, -0.05) is 51.9 Å². The fraction of sp³-hybridized carbons (Fsp3) is 0.412. The van der Waals surface area contributed by atoms with Crippen LogP contribution >= 0.6 is 45.8 Å². The zero-order valence-electron chi connectivity index (χ0n) is 13.2. The van der Waals surface area contributed by atoms with Crippen LogP contribution in [0.4, 0.5) is 0 Å². The summed E-state index contributed by atoms with van der Waals surface area (Å²) in [7, 11) is 0. The van der Waals surface area contributed by atoms with Crippen molar-refractivity contribution in [2.45, 2.75) is 12.8 Å². The highest BCUT2D eigenvalue weighted by atomic mass is 127. The molecule has 130 valence electrons. The summed E-state index contributed by atoms with van der Waals surface area (Å²) >= 11 is 14.2. The predicted molar refractivity (Wildman–Crippen MR) is 107 cm³/mol. The summed E-state index contributed by atoms with van der Waals surface area (Å²) < 4.78 is 1.02. The van der Waals surface area contributed by atoms with E-state index in [1.807, 2.05) is 4.90 Å². The van der Waals surface area contributed by atoms with Gasteiger partial charge in [0, 0.05) is 43.1 Å². The molecule has 0 aliphatic carbocycles. The Kier molecular flexibility index (Phi) is 7.84. The van der Waals surface area contributed by atoms with Gasteiger partial charge in [0.1, 0.15) is 0 Å². The van der Waals surface area contributed by atoms with Gasteiger partial charge < -0.3 is 9.80 Å². The third kappa shape index (κ3) is 5.63. The predicted octanol–water partition coefficient (Wildman–Crippen LogP) is 3.89. The molecule has 0 saturated carbocycles. The van der Waals surface area contributed by atoms with Crippen molar-refractivity contribution in [3.8, 4) is 0 Å². The number of rotatable bonds is 5. The third-order valence-corrected chi connectivity index (χ3v) is 5.33. The smallest absolute Gasteiger partial charge is 0.246 e. The number of nitrogens with zero attached hydrogens (tertiary/aromatic N) is 2. The molecule has 1 heterocycles. The number of hydrogen-bond acceptors (Lipinski definition) is 2. The second kappa shape index (κ2) is 9.63. The number of halogens is 3. The van der Waals surface area contributed by atoms with E-state index in [1.54, 1.807) is 29.2 Å². The van der Waals surface area contributed by atoms with E-state index in [0.717, 1.165) is 23.0 Å². The Morgan fingerprint density at radius 3 is 2.71 bits per heavy atom. The summed E-state index contributed by atoms with van der Waals surface area (Å²) in [5.74, 6) is 0.0354. The first kappa shape index (κ1) is 19.5. The SMILES string of the molecule is O=C(/C=C/c1ccc(Cl)c(Cl)c1)N1CCC(=O)N(CCCI)CC1. The molecule has 1 aliphatic heterocycles. The van der Waals surface area contributed by atoms with Gasteiger partial charge in [-0.3, -0.25) is 9.59 Å². The molecule has 7 heteroatoms. The molecule has 1 saturated heterocycles. The zero-order valence-corrected chi connectivity index (χ0v) is 16.9. The fourth-order valence-corrected chi connectivity index (χ4v) is 3.11. The molecule has 0 spiro atoms. The summed E-state index contributed by atoms with van der Waals surface area (Å²) in [6, 6.07) is 5.21. The largest absolute Gasteiger partial charge is 0.341 e. The van der Waals surface area contributed by atoms with Crippen molar-refractivity contribution in [3.63, 3.8) is 0 Å². The van der Waals surface area contributed by atoms with Crippen LogP contribution in [0.1, 0.15) is 18.4 Å². The lowest BCUT2D eigenvalue weighted by atomic mass is 10.2. The standard InChI is InChI=1S/C17H19Cl2IN2O2/c18-14-4-2-13(12-15(14)19)3-5-16(23)22-9-6-17(24)21(10-11-22)8-1-7-20/h2-5,12H,1,6-11H2/b5-3+. The number of carbonyl (C=O) groups excluding carboxylic acids is 2. The highest BCUT2D eigenvalue weighted by Gasteiger charge is 2.22. The Labute approximate surface area is 165 Å². The molecule has 0 unspecified atom stereocenters. The summed E-state index contributed by atoms with van der Waals surface area (Å²) in [4.78, 5) is 28.0. The lowest BCUT2D eigenvalue weighted by molar-refractivity contribution is -0.130. The quantitative estimate of drug-likeness (QED) is 0.364. The van der Waals surface area contributed by atoms with Gasteiger partial charge in [0.05, 0.1) is 10.0 Å². The van der Waals surface area contributed by atoms with Gasteiger partial charge >= 0.3 is 0 Å². The zero-order chi connectivity index (χ0) is 17.5. The average Bonchev–Trinajstić information content (AvgIpc) is 2.75. The Morgan fingerprint density at radius 2 is 2.00 bits per heavy atom. The van der Waals surface area contributed by atoms with E-state index in [2.05, 4.69) is 22.6 Å². The number of hydrogen-bond donors (Lipinski definition) is 0. The highest BCUT2D eigenvalue weighted by Crippen LogP contribution is 2.23. The molecule has 0 atom stereocenters. The van der Waals surface area contributed by atoms with Gasteiger partial charge in [0.2, 0.25) is 11.8 Å². The molecule has 2 amide bonds. The number of amides is 2. The van der Waals surface area contributed by atoms with Crippen LogP contribution in [-0.4, -0.2) is 52.2 Å². The molecular weight excluding hydrogens is 462 g/mol. The average molecular weight is 481 g/mol. The number of carbonyl (C=O) groups is 2. The van der Waals surface area contributed by atoms with Gasteiger partial charge in [0.15, 0.2) is 0 Å². The molecule has 4 nitrogen and oxygen atoms in total. The van der Waals surface area contributed by atoms with Gasteiger partial charge in [-0.05, 0) is 30.2 Å². The first-order valence-corrected chi connectivity index (χ1v) is 10.0. The third-order valence-electron chi connectivity index (χ3n) is 3.82. The molecule has 0 bridgehead atoms. The molecule has 1 aromatic carbocycles. The van der Waals surface area contributed by atoms with Gasteiger partial charge in [0.25, 0.3) is 0 Å². The molecule has 0 aromatic heterocycles. The fourth-order valence-electron chi connectivity index (χ4n) is 2.46. The van der Waals surface area contributed by atoms with Gasteiger partial charge in [-0.15, -0.1) is 0 Å². The van der Waals surface area contributed by atoms with Gasteiger partial charge in [-0.2, -0.15) is 0 Å². The Morgan fingerprint density at radius 1 is 1.21 bits per heavy atom. The van der Waals surface area contributed by atoms with Crippen LogP contribution < -0.4 is 0 Å². The van der Waals surface area contributed by atoms with E-state index >= 15 is 0 Å². The topological polar surface area (TPSA) is 40.6 Å². The van der Waals surface area contributed by atoms with E-state index in [-0.39, 0.29) is 11.8 Å². The molecule has 0 radical (unpaired) electrons. The lowest BCUT2D eigenvalue weighted by Crippen LogP contribution is -2.35. The molecule has 1 aliphatic rings. The molecular formula is C17H19Cl2IN2O2. The van der Waals surface area contributed by atoms with Crippen LogP contribution in [0.25, 0.3) is 6.08 Å². The van der Waals surface area contributed by atoms with Crippen molar-refractivity contribution in [2.24, 2.45) is 0 Å². The van der Waals surface area contributed by atoms with Crippen LogP contribution in [0, 0.1) is 0 Å². The molecule has 24 heavy (non-hydrogen) atoms. The second-order valence-corrected chi connectivity index (χ2v) is 7.40. The summed E-state index contributed by atoms with van der Waals surface area (Å²) in [6.45, 7) is 2.40. The normalized spacial score (nSPS) is 15.9. The van der Waals surface area contributed by atoms with Crippen molar-refractivity contribution < 1.29 is 9.59 Å². The minimum absolute atomic E-state index is 0.0930. The minimum Gasteiger partial charge on any atom is -0.341 e. The van der Waals surface area contributed by atoms with E-state index in [0.29, 0.717) is 36.1 Å². The van der Waals surface area contributed by atoms with E-state index in [1.165, 1.54) is 6.08 Å². The van der Waals surface area contributed by atoms with Crippen molar-refractivity contribution in [2.75, 3.05) is 30.6 Å². The maximum Gasteiger partial charge on any atom is 0.246 e. The first-order valence-electron chi connectivity index (χ1n) is 7.77. The van der Waals surface area contributed by atoms with Crippen molar-refractivity contribution in [1.29, 1.82) is 0 Å². The minimum atomic E-state index is -0.0930. The molecule has 0 N–H and O–H groups in total. The molecule has 1 fully saturated rings. The van der Waals surface area contributed by atoms with Crippen molar-refractivity contribution in [1.82, 2.24) is 9.80 Å². The van der Waals surface area contributed by atoms with Crippen LogP contribution in [0.2, 0.25) is 10.0 Å². The Hall–Kier alpha value is -0.790. The van der Waals surface area contributed by atoms with Gasteiger partial charge in [-0.25, -0.2) is 0 Å². The van der Waals surface area contributed by atoms with E-state index < -0.39 is 0 Å². The summed E-state index contributed by atoms with van der Waals surface area (Å²) in [5.41, 5.74) is 0.812. The number of alkyl halides is 1. The first-order chi connectivity index (χ1) is 11.5. The highest BCUT2D eigenvalue weighted by molar-refractivity contribution is 14.1. The number of benzene rings is 1. The maximum atomic E-state index is 12.4. The van der Waals surface area contributed by atoms with E-state index in [4.69, 9.17) is 23.2 Å². The van der Waals surface area contributed by atoms with Crippen molar-refractivity contribution in [3.05, 3.63) is 39.9 Å². The van der Waals surface area contributed by atoms with Crippen LogP contribution in [0.15, 0.2) is 24.3 Å². The summed E-state index contributed by atoms with van der Waals surface area (Å²) in [5, 5.41) is 0.940. The van der Waals surface area contributed by atoms with Crippen LogP contribution in [0.5, 0.6) is 0 Å². The maximum absolute atomic E-state index is 12.4. The van der Waals surface area contributed by atoms with E-state index in [9.17, 15) is 9.59 Å². The Balaban J connectivity index is 1.95.